The van der Waals surface area contributed by atoms with E-state index in [0.29, 0.717) is 16.7 Å². The molecule has 406 valence electrons. The van der Waals surface area contributed by atoms with Gasteiger partial charge in [-0.15, -0.1) is 0 Å². The minimum Gasteiger partial charge on any atom is -0.456 e. The number of benzene rings is 5. The summed E-state index contributed by atoms with van der Waals surface area (Å²) in [6.45, 7) is 4.52. The van der Waals surface area contributed by atoms with Gasteiger partial charge in [0, 0.05) is 118 Å². The number of aliphatic hydroxyl groups is 4. The Hall–Kier alpha value is -3.33. The Kier molecular flexibility index (Phi) is 20.6. The van der Waals surface area contributed by atoms with Crippen molar-refractivity contribution in [1.82, 2.24) is 5.32 Å². The average molecular weight is 1510 g/mol. The zero-order valence-corrected chi connectivity index (χ0v) is 54.0. The Morgan fingerprint density at radius 3 is 1.78 bits per heavy atom. The molecule has 9 rings (SSSR count). The van der Waals surface area contributed by atoms with Crippen LogP contribution in [0.2, 0.25) is 0 Å². The largest absolute Gasteiger partial charge is 0.477 e. The number of ether oxygens (including phenoxy) is 4. The molecule has 1 heterocycles. The first-order valence-corrected chi connectivity index (χ1v) is 26.5. The quantitative estimate of drug-likeness (QED) is 0.0254. The fraction of sp³-hybridized carbons (Fsp3) is 0.379. The topological polar surface area (TPSA) is 243 Å². The molecule has 3 fully saturated rings. The van der Waals surface area contributed by atoms with Gasteiger partial charge in [-0.1, -0.05) is 141 Å². The first-order valence-electron chi connectivity index (χ1n) is 25.1. The first kappa shape index (κ1) is 62.3. The molecular formula is C58H62Ac2NO16P. The van der Waals surface area contributed by atoms with Crippen LogP contribution in [0.1, 0.15) is 84.0 Å². The standard InChI is InChI=1S/C58H62NO16P.2Ac/c1-36-42(74-54(65)48(61)46(39-24-14-7-15-25-39)59-52(63)40-26-16-8-17-27-40)31-58(67)51(75-53(64)41-28-18-9-19-29-41)49-56(4,50(62)47(60)45(36)55(58,2)3)43(30-44-57(49,66)34-69-44)70-35-73-76(68,71-32-37-20-10-5-11-21-37)72-33-38-22-12-6-13-23-38;;/h5-29,42-44,46-49,51,60-61,66-67H,30-35H2,1-4H3,(H,59,63);;/t42?,43?,44?,46?,47?,48?,49?,51?,56-,57?,58?;;/m1../s1. The van der Waals surface area contributed by atoms with Gasteiger partial charge in [0.25, 0.3) is 5.91 Å². The van der Waals surface area contributed by atoms with Crippen LogP contribution in [0.15, 0.2) is 163 Å². The van der Waals surface area contributed by atoms with E-state index < -0.39 is 122 Å². The van der Waals surface area contributed by atoms with Crippen molar-refractivity contribution in [3.05, 3.63) is 191 Å². The van der Waals surface area contributed by atoms with Gasteiger partial charge in [0.1, 0.15) is 29.5 Å². The third kappa shape index (κ3) is 12.4. The molecular weight excluding hydrogens is 1450 g/mol. The Labute approximate surface area is 524 Å². The molecule has 0 aromatic heterocycles. The van der Waals surface area contributed by atoms with Crippen molar-refractivity contribution in [2.75, 3.05) is 13.4 Å². The van der Waals surface area contributed by atoms with Gasteiger partial charge in [-0.25, -0.2) is 14.2 Å². The summed E-state index contributed by atoms with van der Waals surface area (Å²) in [6.07, 6.45) is -10.7. The molecule has 2 saturated carbocycles. The van der Waals surface area contributed by atoms with Gasteiger partial charge in [0.15, 0.2) is 18.7 Å². The van der Waals surface area contributed by atoms with E-state index in [1.807, 2.05) is 12.1 Å². The number of carbonyl (C=O) groups excluding carboxylic acids is 4. The van der Waals surface area contributed by atoms with Crippen molar-refractivity contribution in [2.24, 2.45) is 16.7 Å². The second-order valence-corrected chi connectivity index (χ2v) is 22.2. The second kappa shape index (κ2) is 25.9. The van der Waals surface area contributed by atoms with Gasteiger partial charge in [0.05, 0.1) is 49.0 Å². The van der Waals surface area contributed by atoms with E-state index in [-0.39, 0.29) is 130 Å². The van der Waals surface area contributed by atoms with Gasteiger partial charge in [0.2, 0.25) is 0 Å². The summed E-state index contributed by atoms with van der Waals surface area (Å²) in [6, 6.07) is 40.8. The summed E-state index contributed by atoms with van der Waals surface area (Å²) in [7, 11) is -4.47. The van der Waals surface area contributed by atoms with Crippen molar-refractivity contribution < 1.29 is 165 Å². The fourth-order valence-corrected chi connectivity index (χ4v) is 12.5. The van der Waals surface area contributed by atoms with Crippen LogP contribution in [0.5, 0.6) is 0 Å². The number of hydrogen-bond acceptors (Lipinski definition) is 16. The van der Waals surface area contributed by atoms with Crippen molar-refractivity contribution in [3.63, 3.8) is 0 Å². The van der Waals surface area contributed by atoms with E-state index >= 15 is 4.79 Å². The van der Waals surface area contributed by atoms with Gasteiger partial charge in [-0.3, -0.25) is 23.2 Å². The molecule has 11 atom stereocenters. The van der Waals surface area contributed by atoms with E-state index in [0.717, 1.165) is 0 Å². The molecule has 20 heteroatoms. The molecule has 78 heavy (non-hydrogen) atoms. The number of amides is 1. The van der Waals surface area contributed by atoms with Crippen LogP contribution in [0.3, 0.4) is 0 Å². The molecule has 5 aromatic rings. The Morgan fingerprint density at radius 2 is 1.26 bits per heavy atom. The predicted octanol–water partition coefficient (Wildman–Crippen LogP) is 7.13. The Bertz CT molecular complexity index is 2930. The van der Waals surface area contributed by atoms with E-state index in [2.05, 4.69) is 5.32 Å². The van der Waals surface area contributed by atoms with Crippen molar-refractivity contribution in [3.8, 4) is 0 Å². The van der Waals surface area contributed by atoms with Gasteiger partial charge in [-0.05, 0) is 65.9 Å². The van der Waals surface area contributed by atoms with Crippen LogP contribution in [-0.4, -0.2) is 105 Å². The summed E-state index contributed by atoms with van der Waals surface area (Å²) >= 11 is 0. The number of nitrogens with one attached hydrogen (secondary N) is 1. The maximum atomic E-state index is 15.7. The van der Waals surface area contributed by atoms with Crippen LogP contribution in [-0.2, 0) is 59.9 Å². The maximum absolute atomic E-state index is 15.7. The molecule has 5 aromatic carbocycles. The Morgan fingerprint density at radius 1 is 0.744 bits per heavy atom. The van der Waals surface area contributed by atoms with Crippen LogP contribution in [0.4, 0.5) is 0 Å². The number of ketones is 1. The number of phosphoric acid groups is 1. The summed E-state index contributed by atoms with van der Waals surface area (Å²) in [5, 5.41) is 54.1. The third-order valence-electron chi connectivity index (χ3n) is 15.8. The van der Waals surface area contributed by atoms with Gasteiger partial charge < -0.3 is 44.7 Å². The first-order chi connectivity index (χ1) is 36.3. The van der Waals surface area contributed by atoms with Crippen LogP contribution < -0.4 is 5.32 Å². The van der Waals surface area contributed by atoms with Crippen LogP contribution in [0, 0.1) is 105 Å². The summed E-state index contributed by atoms with van der Waals surface area (Å²) in [5.41, 5.74) is -6.15. The number of Topliss-reactive ketones (excluding diaryl/α,β-unsaturated/α-hetero) is 1. The normalized spacial score (nSPS) is 27.8. The van der Waals surface area contributed by atoms with Crippen LogP contribution in [0.25, 0.3) is 0 Å². The van der Waals surface area contributed by atoms with E-state index in [1.54, 1.807) is 141 Å². The zero-order valence-electron chi connectivity index (χ0n) is 43.6. The number of esters is 2. The van der Waals surface area contributed by atoms with Crippen LogP contribution >= 0.6 is 7.82 Å². The third-order valence-corrected chi connectivity index (χ3v) is 17.1. The van der Waals surface area contributed by atoms with Gasteiger partial charge in [-0.2, -0.15) is 0 Å². The molecule has 4 aliphatic rings. The average Bonchev–Trinajstić information content (AvgIpc) is 3.19. The van der Waals surface area contributed by atoms with E-state index in [1.165, 1.54) is 26.0 Å². The van der Waals surface area contributed by atoms with E-state index in [9.17, 15) is 39.4 Å². The molecule has 2 bridgehead atoms. The Balaban J connectivity index is 0.00000441. The number of fused-ring (bicyclic) bond motifs is 5. The number of rotatable bonds is 18. The molecule has 1 amide bonds. The van der Waals surface area contributed by atoms with Crippen molar-refractivity contribution >= 4 is 31.5 Å². The SMILES string of the molecule is CC1=C2C(O)C(=O)[C@]3(C)C(OCOP(=O)(OCc4ccccc4)OCc4ccccc4)CC4OCC4(O)C3C(OC(=O)c3ccccc3)C(O)(CC1OC(=O)C(O)C(NC(=O)c1ccccc1)c1ccccc1)C2(C)C.[Ac].[Ac]. The van der Waals surface area contributed by atoms with Gasteiger partial charge >= 0.3 is 19.8 Å². The predicted molar refractivity (Wildman–Crippen MR) is 273 cm³/mol. The molecule has 17 nitrogen and oxygen atoms in total. The molecule has 3 aliphatic carbocycles. The summed E-state index contributed by atoms with van der Waals surface area (Å²) < 4.78 is 56.9. The number of carbonyl (C=O) groups is 4. The molecule has 2 radical (unpaired) electrons. The minimum atomic E-state index is -4.47. The molecule has 1 saturated heterocycles. The number of phosphoric ester groups is 1. The zero-order chi connectivity index (χ0) is 54.0. The number of hydrogen-bond donors (Lipinski definition) is 5. The molecule has 10 unspecified atom stereocenters. The van der Waals surface area contributed by atoms with Crippen molar-refractivity contribution in [2.45, 2.75) is 108 Å². The van der Waals surface area contributed by atoms with E-state index in [4.69, 9.17) is 32.5 Å². The molecule has 5 N–H and O–H groups in total. The molecule has 0 spiro atoms. The number of aliphatic hydroxyl groups excluding tert-OH is 2. The fourth-order valence-electron chi connectivity index (χ4n) is 11.5. The minimum absolute atomic E-state index is 0. The summed E-state index contributed by atoms with van der Waals surface area (Å²) in [4.78, 5) is 58.2. The monoisotopic (exact) mass is 1510 g/mol. The van der Waals surface area contributed by atoms with Crippen molar-refractivity contribution in [1.29, 1.82) is 0 Å². The molecule has 1 aliphatic heterocycles. The maximum Gasteiger partial charge on any atom is 0.477 e. The smallest absolute Gasteiger partial charge is 0.456 e. The summed E-state index contributed by atoms with van der Waals surface area (Å²) in [5.74, 6) is -5.33. The second-order valence-electron chi connectivity index (χ2n) is 20.6.